The van der Waals surface area contributed by atoms with Gasteiger partial charge in [0.1, 0.15) is 6.61 Å². The predicted octanol–water partition coefficient (Wildman–Crippen LogP) is 4.77. The number of ether oxygens (including phenoxy) is 1. The van der Waals surface area contributed by atoms with Gasteiger partial charge in [0.15, 0.2) is 0 Å². The molecule has 0 aliphatic carbocycles. The molecule has 5 heteroatoms. The first-order chi connectivity index (χ1) is 14.8. The first-order valence-electron chi connectivity index (χ1n) is 10.8. The van der Waals surface area contributed by atoms with Crippen LogP contribution in [0.4, 0.5) is 4.79 Å². The van der Waals surface area contributed by atoms with Gasteiger partial charge in [-0.3, -0.25) is 4.79 Å². The highest BCUT2D eigenvalue weighted by molar-refractivity contribution is 6.03. The molecule has 0 aromatic heterocycles. The number of benzene rings is 2. The van der Waals surface area contributed by atoms with E-state index in [2.05, 4.69) is 0 Å². The molecule has 1 aliphatic rings. The van der Waals surface area contributed by atoms with Gasteiger partial charge in [-0.2, -0.15) is 0 Å². The van der Waals surface area contributed by atoms with Crippen molar-refractivity contribution >= 4 is 12.0 Å². The number of cyclic esters (lactones) is 1. The second-order valence-electron chi connectivity index (χ2n) is 8.56. The van der Waals surface area contributed by atoms with Gasteiger partial charge >= 0.3 is 6.09 Å². The van der Waals surface area contributed by atoms with Gasteiger partial charge in [0, 0.05) is 17.4 Å². The van der Waals surface area contributed by atoms with E-state index >= 15 is 0 Å². The van der Waals surface area contributed by atoms with Crippen LogP contribution in [0.15, 0.2) is 72.3 Å². The van der Waals surface area contributed by atoms with Gasteiger partial charge in [-0.05, 0) is 24.0 Å². The molecule has 0 unspecified atom stereocenters. The van der Waals surface area contributed by atoms with E-state index in [0.717, 1.165) is 11.1 Å². The number of imide groups is 1. The number of carbonyl (C=O) groups is 2. The van der Waals surface area contributed by atoms with Crippen molar-refractivity contribution in [1.82, 2.24) is 4.90 Å². The van der Waals surface area contributed by atoms with Crippen LogP contribution >= 0.6 is 0 Å². The fraction of sp³-hybridized carbons (Fsp3) is 0.385. The van der Waals surface area contributed by atoms with E-state index in [1.54, 1.807) is 13.0 Å². The third-order valence-electron chi connectivity index (χ3n) is 5.94. The van der Waals surface area contributed by atoms with Gasteiger partial charge < -0.3 is 9.84 Å². The van der Waals surface area contributed by atoms with E-state index in [9.17, 15) is 14.7 Å². The summed E-state index contributed by atoms with van der Waals surface area (Å²) in [5.41, 5.74) is 2.44. The Morgan fingerprint density at radius 3 is 2.03 bits per heavy atom. The summed E-state index contributed by atoms with van der Waals surface area (Å²) < 4.78 is 5.11. The Labute approximate surface area is 184 Å². The Bertz CT molecular complexity index is 883. The smallest absolute Gasteiger partial charge is 0.417 e. The molecular weight excluding hydrogens is 390 g/mol. The number of carbonyl (C=O) groups excluding carboxylic acids is 2. The van der Waals surface area contributed by atoms with Crippen molar-refractivity contribution in [2.75, 3.05) is 6.61 Å². The van der Waals surface area contributed by atoms with E-state index in [0.29, 0.717) is 5.57 Å². The second-order valence-corrected chi connectivity index (χ2v) is 8.56. The molecule has 1 heterocycles. The molecule has 31 heavy (non-hydrogen) atoms. The topological polar surface area (TPSA) is 66.8 Å². The van der Waals surface area contributed by atoms with Crippen LogP contribution in [0.5, 0.6) is 0 Å². The Morgan fingerprint density at radius 2 is 1.55 bits per heavy atom. The van der Waals surface area contributed by atoms with Crippen LogP contribution in [0.2, 0.25) is 0 Å². The van der Waals surface area contributed by atoms with Gasteiger partial charge in [0.05, 0.1) is 12.1 Å². The quantitative estimate of drug-likeness (QED) is 0.654. The molecule has 0 radical (unpaired) electrons. The van der Waals surface area contributed by atoms with Crippen molar-refractivity contribution < 1.29 is 19.4 Å². The fourth-order valence-corrected chi connectivity index (χ4v) is 4.13. The first-order valence-corrected chi connectivity index (χ1v) is 10.8. The van der Waals surface area contributed by atoms with Crippen LogP contribution in [0.3, 0.4) is 0 Å². The van der Waals surface area contributed by atoms with Crippen LogP contribution in [0, 0.1) is 11.8 Å². The maximum Gasteiger partial charge on any atom is 0.417 e. The van der Waals surface area contributed by atoms with Gasteiger partial charge in [-0.15, -0.1) is 0 Å². The molecular formula is C26H31NO4. The molecule has 5 nitrogen and oxygen atoms in total. The summed E-state index contributed by atoms with van der Waals surface area (Å²) in [7, 11) is 0. The zero-order valence-corrected chi connectivity index (χ0v) is 18.6. The molecule has 0 spiro atoms. The highest BCUT2D eigenvalue weighted by Crippen LogP contribution is 2.32. The van der Waals surface area contributed by atoms with Crippen LogP contribution in [0.1, 0.15) is 44.7 Å². The lowest BCUT2D eigenvalue weighted by molar-refractivity contribution is -0.125. The van der Waals surface area contributed by atoms with Gasteiger partial charge in [0.2, 0.25) is 0 Å². The minimum Gasteiger partial charge on any atom is -0.447 e. The minimum atomic E-state index is -0.751. The lowest BCUT2D eigenvalue weighted by atomic mass is 9.81. The number of aliphatic hydroxyl groups is 1. The number of hydrogen-bond acceptors (Lipinski definition) is 4. The van der Waals surface area contributed by atoms with Crippen molar-refractivity contribution in [3.05, 3.63) is 83.4 Å². The molecule has 2 aromatic carbocycles. The Kier molecular flexibility index (Phi) is 7.29. The summed E-state index contributed by atoms with van der Waals surface area (Å²) in [6.07, 6.45) is 0.407. The largest absolute Gasteiger partial charge is 0.447 e. The van der Waals surface area contributed by atoms with Gasteiger partial charge in [-0.1, -0.05) is 87.5 Å². The van der Waals surface area contributed by atoms with E-state index in [1.807, 2.05) is 81.4 Å². The fourth-order valence-electron chi connectivity index (χ4n) is 4.13. The molecule has 1 N–H and O–H groups in total. The predicted molar refractivity (Wildman–Crippen MR) is 120 cm³/mol. The molecule has 1 fully saturated rings. The zero-order valence-electron chi connectivity index (χ0n) is 18.6. The number of rotatable bonds is 7. The zero-order chi connectivity index (χ0) is 22.5. The molecule has 0 saturated carbocycles. The van der Waals surface area contributed by atoms with E-state index in [1.165, 1.54) is 4.90 Å². The first kappa shape index (κ1) is 22.8. The van der Waals surface area contributed by atoms with Crippen molar-refractivity contribution in [1.29, 1.82) is 0 Å². The van der Waals surface area contributed by atoms with Gasteiger partial charge in [0.25, 0.3) is 5.91 Å². The molecule has 3 atom stereocenters. The lowest BCUT2D eigenvalue weighted by Gasteiger charge is -2.28. The molecule has 0 bridgehead atoms. The van der Waals surface area contributed by atoms with Crippen LogP contribution in [-0.4, -0.2) is 40.8 Å². The third-order valence-corrected chi connectivity index (χ3v) is 5.94. The normalized spacial score (nSPS) is 18.9. The van der Waals surface area contributed by atoms with E-state index < -0.39 is 12.2 Å². The number of nitrogens with zero attached hydrogens (tertiary/aromatic N) is 1. The Hall–Kier alpha value is -2.92. The Morgan fingerprint density at radius 1 is 1.03 bits per heavy atom. The van der Waals surface area contributed by atoms with E-state index in [4.69, 9.17) is 4.74 Å². The molecule has 1 saturated heterocycles. The average molecular weight is 422 g/mol. The summed E-state index contributed by atoms with van der Waals surface area (Å²) in [6.45, 7) is 7.72. The Balaban J connectivity index is 1.86. The maximum atomic E-state index is 13.0. The van der Waals surface area contributed by atoms with Crippen molar-refractivity contribution in [3.8, 4) is 0 Å². The highest BCUT2D eigenvalue weighted by atomic mass is 16.6. The standard InChI is InChI=1S/C26H31NO4/c1-17(2)22-16-31-26(30)27(22)25(29)19(4)15-18(3)24(28)23(20-11-7-5-8-12-20)21-13-9-6-10-14-21/h5-15,17-18,22-24,28H,16H2,1-4H3/b19-15+/t18-,22+,24-/m0/s1. The van der Waals surface area contributed by atoms with Crippen LogP contribution < -0.4 is 0 Å². The van der Waals surface area contributed by atoms with Crippen molar-refractivity contribution in [2.24, 2.45) is 11.8 Å². The monoisotopic (exact) mass is 421 g/mol. The second kappa shape index (κ2) is 9.92. The molecule has 2 aromatic rings. The number of hydrogen-bond donors (Lipinski definition) is 1. The third kappa shape index (κ3) is 5.05. The summed E-state index contributed by atoms with van der Waals surface area (Å²) in [4.78, 5) is 26.4. The summed E-state index contributed by atoms with van der Waals surface area (Å²) in [6, 6.07) is 19.5. The summed E-state index contributed by atoms with van der Waals surface area (Å²) >= 11 is 0. The van der Waals surface area contributed by atoms with Crippen LogP contribution in [-0.2, 0) is 9.53 Å². The molecule has 2 amide bonds. The number of amides is 2. The SMILES string of the molecule is C/C(=C\[C@H](C)[C@H](O)C(c1ccccc1)c1ccccc1)C(=O)N1C(=O)OC[C@@H]1C(C)C. The minimum absolute atomic E-state index is 0.103. The number of aliphatic hydroxyl groups excluding tert-OH is 1. The van der Waals surface area contributed by atoms with E-state index in [-0.39, 0.29) is 36.3 Å². The summed E-state index contributed by atoms with van der Waals surface area (Å²) in [5, 5.41) is 11.3. The van der Waals surface area contributed by atoms with Crippen molar-refractivity contribution in [2.45, 2.75) is 45.8 Å². The highest BCUT2D eigenvalue weighted by Gasteiger charge is 2.40. The van der Waals surface area contributed by atoms with Crippen molar-refractivity contribution in [3.63, 3.8) is 0 Å². The van der Waals surface area contributed by atoms with Crippen LogP contribution in [0.25, 0.3) is 0 Å². The maximum absolute atomic E-state index is 13.0. The molecule has 164 valence electrons. The summed E-state index contributed by atoms with van der Waals surface area (Å²) in [5.74, 6) is -0.815. The molecule has 1 aliphatic heterocycles. The molecule has 3 rings (SSSR count). The average Bonchev–Trinajstić information content (AvgIpc) is 3.16. The lowest BCUT2D eigenvalue weighted by Crippen LogP contribution is -2.42. The van der Waals surface area contributed by atoms with Gasteiger partial charge in [-0.25, -0.2) is 9.69 Å².